The van der Waals surface area contributed by atoms with Crippen molar-refractivity contribution in [3.63, 3.8) is 0 Å². The molecule has 4 N–H and O–H groups in total. The van der Waals surface area contributed by atoms with Crippen LogP contribution < -0.4 is 11.5 Å². The number of aromatic nitrogens is 2. The Labute approximate surface area is 161 Å². The van der Waals surface area contributed by atoms with Gasteiger partial charge in [-0.2, -0.15) is 0 Å². The lowest BCUT2D eigenvalue weighted by atomic mass is 9.70. The number of thiazole rings is 1. The van der Waals surface area contributed by atoms with Crippen LogP contribution in [0.2, 0.25) is 0 Å². The van der Waals surface area contributed by atoms with Gasteiger partial charge < -0.3 is 16.4 Å². The zero-order valence-electron chi connectivity index (χ0n) is 14.8. The molecule has 1 aliphatic heterocycles. The molecule has 1 fully saturated rings. The van der Waals surface area contributed by atoms with Crippen LogP contribution in [0.5, 0.6) is 0 Å². The van der Waals surface area contributed by atoms with Crippen LogP contribution in [0.4, 0.5) is 10.9 Å². The summed E-state index contributed by atoms with van der Waals surface area (Å²) in [6.45, 7) is 1.30. The van der Waals surface area contributed by atoms with Gasteiger partial charge in [-0.25, -0.2) is 9.97 Å². The molecule has 1 aliphatic rings. The lowest BCUT2D eigenvalue weighted by molar-refractivity contribution is 0.0684. The average molecular weight is 379 g/mol. The molecule has 1 aromatic carbocycles. The molecule has 1 amide bonds. The van der Waals surface area contributed by atoms with Crippen molar-refractivity contribution in [2.75, 3.05) is 24.6 Å². The van der Waals surface area contributed by atoms with Crippen molar-refractivity contribution in [3.8, 4) is 0 Å². The third-order valence-electron chi connectivity index (χ3n) is 5.28. The van der Waals surface area contributed by atoms with Gasteiger partial charge in [-0.3, -0.25) is 4.79 Å². The Morgan fingerprint density at radius 1 is 1.07 bits per heavy atom. The third-order valence-corrected chi connectivity index (χ3v) is 5.95. The predicted molar refractivity (Wildman–Crippen MR) is 108 cm³/mol. The summed E-state index contributed by atoms with van der Waals surface area (Å²) in [5.41, 5.74) is 14.1. The second-order valence-electron chi connectivity index (χ2n) is 6.78. The van der Waals surface area contributed by atoms with Crippen molar-refractivity contribution in [1.29, 1.82) is 0 Å². The van der Waals surface area contributed by atoms with Crippen LogP contribution in [0.3, 0.4) is 0 Å². The number of amides is 1. The molecule has 27 heavy (non-hydrogen) atoms. The van der Waals surface area contributed by atoms with Crippen LogP contribution >= 0.6 is 11.3 Å². The van der Waals surface area contributed by atoms with E-state index in [2.05, 4.69) is 22.1 Å². The highest BCUT2D eigenvalue weighted by molar-refractivity contribution is 7.13. The molecule has 0 aliphatic carbocycles. The first-order valence-electron chi connectivity index (χ1n) is 8.86. The highest BCUT2D eigenvalue weighted by Gasteiger charge is 2.40. The highest BCUT2D eigenvalue weighted by Crippen LogP contribution is 2.42. The number of hydrogen-bond acceptors (Lipinski definition) is 6. The lowest BCUT2D eigenvalue weighted by Crippen LogP contribution is -2.46. The molecule has 138 valence electrons. The van der Waals surface area contributed by atoms with Crippen LogP contribution in [0, 0.1) is 0 Å². The maximum atomic E-state index is 12.8. The summed E-state index contributed by atoms with van der Waals surface area (Å²) in [4.78, 5) is 23.3. The molecule has 0 radical (unpaired) electrons. The van der Waals surface area contributed by atoms with E-state index in [-0.39, 0.29) is 11.3 Å². The Hall–Kier alpha value is -2.93. The number of nitrogens with two attached hydrogens (primary N) is 2. The maximum Gasteiger partial charge on any atom is 0.255 e. The van der Waals surface area contributed by atoms with Crippen molar-refractivity contribution in [2.45, 2.75) is 18.3 Å². The molecule has 3 aromatic rings. The van der Waals surface area contributed by atoms with E-state index >= 15 is 0 Å². The first-order valence-corrected chi connectivity index (χ1v) is 9.74. The molecule has 0 unspecified atom stereocenters. The van der Waals surface area contributed by atoms with Crippen molar-refractivity contribution < 1.29 is 4.79 Å². The number of nitrogen functional groups attached to an aromatic ring is 2. The molecule has 0 spiro atoms. The van der Waals surface area contributed by atoms with E-state index in [1.165, 1.54) is 23.1 Å². The molecule has 1 saturated heterocycles. The molecule has 7 heteroatoms. The molecular formula is C20H21N5OS. The van der Waals surface area contributed by atoms with E-state index in [4.69, 9.17) is 11.5 Å². The topological polar surface area (TPSA) is 98.1 Å². The van der Waals surface area contributed by atoms with E-state index in [0.717, 1.165) is 18.5 Å². The molecule has 0 atom stereocenters. The van der Waals surface area contributed by atoms with E-state index in [1.807, 2.05) is 28.5 Å². The molecule has 2 aromatic heterocycles. The quantitative estimate of drug-likeness (QED) is 0.729. The summed E-state index contributed by atoms with van der Waals surface area (Å²) in [5, 5.41) is 2.62. The van der Waals surface area contributed by atoms with Gasteiger partial charge in [0.05, 0.1) is 11.3 Å². The van der Waals surface area contributed by atoms with E-state index in [0.29, 0.717) is 29.6 Å². The zero-order valence-corrected chi connectivity index (χ0v) is 15.7. The fourth-order valence-corrected chi connectivity index (χ4v) is 4.42. The number of hydrogen-bond donors (Lipinski definition) is 2. The normalized spacial score (nSPS) is 16.2. The SMILES string of the molecule is Nc1ccc(C(=O)N2CCC(c3ccccc3)(c3csc(N)n3)CC2)cn1. The summed E-state index contributed by atoms with van der Waals surface area (Å²) in [6.07, 6.45) is 3.14. The monoisotopic (exact) mass is 379 g/mol. The van der Waals surface area contributed by atoms with Crippen LogP contribution in [0.15, 0.2) is 54.0 Å². The number of nitrogens with zero attached hydrogens (tertiary/aromatic N) is 3. The van der Waals surface area contributed by atoms with Crippen LogP contribution in [-0.4, -0.2) is 33.9 Å². The Morgan fingerprint density at radius 3 is 2.41 bits per heavy atom. The van der Waals surface area contributed by atoms with Gasteiger partial charge in [0.1, 0.15) is 5.82 Å². The minimum atomic E-state index is -0.217. The summed E-state index contributed by atoms with van der Waals surface area (Å²) in [7, 11) is 0. The van der Waals surface area contributed by atoms with Crippen molar-refractivity contribution in [1.82, 2.24) is 14.9 Å². The molecule has 0 saturated carbocycles. The summed E-state index contributed by atoms with van der Waals surface area (Å²) in [6, 6.07) is 13.8. The van der Waals surface area contributed by atoms with Gasteiger partial charge in [-0.05, 0) is 30.5 Å². The predicted octanol–water partition coefficient (Wildman–Crippen LogP) is 2.92. The number of piperidine rings is 1. The van der Waals surface area contributed by atoms with Crippen LogP contribution in [-0.2, 0) is 5.41 Å². The van der Waals surface area contributed by atoms with Crippen LogP contribution in [0.1, 0.15) is 34.5 Å². The number of carbonyl (C=O) groups excluding carboxylic acids is 1. The van der Waals surface area contributed by atoms with E-state index in [9.17, 15) is 4.79 Å². The minimum absolute atomic E-state index is 0.0121. The van der Waals surface area contributed by atoms with Gasteiger partial charge >= 0.3 is 0 Å². The smallest absolute Gasteiger partial charge is 0.255 e. The number of pyridine rings is 1. The van der Waals surface area contributed by atoms with Crippen LogP contribution in [0.25, 0.3) is 0 Å². The first kappa shape index (κ1) is 17.5. The van der Waals surface area contributed by atoms with E-state index in [1.54, 1.807) is 12.1 Å². The van der Waals surface area contributed by atoms with Crippen molar-refractivity contribution in [2.24, 2.45) is 0 Å². The minimum Gasteiger partial charge on any atom is -0.384 e. The number of rotatable bonds is 3. The van der Waals surface area contributed by atoms with Gasteiger partial charge in [0.15, 0.2) is 5.13 Å². The van der Waals surface area contributed by atoms with Gasteiger partial charge in [0, 0.05) is 30.1 Å². The fraction of sp³-hybridized carbons (Fsp3) is 0.250. The highest BCUT2D eigenvalue weighted by atomic mass is 32.1. The Morgan fingerprint density at radius 2 is 1.81 bits per heavy atom. The lowest BCUT2D eigenvalue weighted by Gasteiger charge is -2.41. The maximum absolute atomic E-state index is 12.8. The molecule has 0 bridgehead atoms. The zero-order chi connectivity index (χ0) is 18.9. The van der Waals surface area contributed by atoms with E-state index < -0.39 is 0 Å². The van der Waals surface area contributed by atoms with Gasteiger partial charge in [-0.1, -0.05) is 30.3 Å². The van der Waals surface area contributed by atoms with Gasteiger partial charge in [-0.15, -0.1) is 11.3 Å². The molecule has 3 heterocycles. The molecular weight excluding hydrogens is 358 g/mol. The Bertz CT molecular complexity index is 931. The first-order chi connectivity index (χ1) is 13.1. The summed E-state index contributed by atoms with van der Waals surface area (Å²) >= 11 is 1.46. The number of anilines is 2. The van der Waals surface area contributed by atoms with Gasteiger partial charge in [0.25, 0.3) is 5.91 Å². The number of carbonyl (C=O) groups is 1. The standard InChI is InChI=1S/C20H21N5OS/c21-17-7-6-14(12-23-17)18(26)25-10-8-20(9-11-25,15-4-2-1-3-5-15)16-13-27-19(22)24-16/h1-7,12-13H,8-11H2,(H2,21,23)(H2,22,24). The molecule has 6 nitrogen and oxygen atoms in total. The average Bonchev–Trinajstić information content (AvgIpc) is 3.16. The fourth-order valence-electron chi connectivity index (χ4n) is 3.76. The second-order valence-corrected chi connectivity index (χ2v) is 7.67. The second kappa shape index (κ2) is 7.00. The number of benzene rings is 1. The van der Waals surface area contributed by atoms with Crippen molar-refractivity contribution in [3.05, 3.63) is 70.9 Å². The largest absolute Gasteiger partial charge is 0.384 e. The molecule has 4 rings (SSSR count). The Kier molecular flexibility index (Phi) is 4.53. The third kappa shape index (κ3) is 3.26. The summed E-state index contributed by atoms with van der Waals surface area (Å²) < 4.78 is 0. The summed E-state index contributed by atoms with van der Waals surface area (Å²) in [5.74, 6) is 0.399. The van der Waals surface area contributed by atoms with Crippen molar-refractivity contribution >= 4 is 28.2 Å². The Balaban J connectivity index is 1.60. The number of likely N-dealkylation sites (tertiary alicyclic amines) is 1. The van der Waals surface area contributed by atoms with Gasteiger partial charge in [0.2, 0.25) is 0 Å².